The van der Waals surface area contributed by atoms with Crippen LogP contribution in [-0.4, -0.2) is 4.98 Å². The van der Waals surface area contributed by atoms with Gasteiger partial charge in [0.15, 0.2) is 0 Å². The number of pyridine rings is 1. The number of hydrogen-bond donors (Lipinski definition) is 0. The standard InChI is InChI=1S/C7H5BrF2N/c1-7(9,10)5-3-2-4-6(8)11-5/h2-4H,1H2. The van der Waals surface area contributed by atoms with Gasteiger partial charge in [-0.3, -0.25) is 0 Å². The second-order valence-electron chi connectivity index (χ2n) is 2.05. The Morgan fingerprint density at radius 1 is 1.45 bits per heavy atom. The lowest BCUT2D eigenvalue weighted by molar-refractivity contribution is 0.0436. The molecule has 0 atom stereocenters. The van der Waals surface area contributed by atoms with E-state index in [1.807, 2.05) is 0 Å². The smallest absolute Gasteiger partial charge is 0.240 e. The van der Waals surface area contributed by atoms with E-state index < -0.39 is 5.92 Å². The van der Waals surface area contributed by atoms with Crippen LogP contribution in [0.2, 0.25) is 0 Å². The van der Waals surface area contributed by atoms with E-state index >= 15 is 0 Å². The van der Waals surface area contributed by atoms with Gasteiger partial charge >= 0.3 is 0 Å². The van der Waals surface area contributed by atoms with Crippen molar-refractivity contribution in [2.75, 3.05) is 0 Å². The third kappa shape index (κ3) is 2.22. The number of halogens is 3. The van der Waals surface area contributed by atoms with Crippen molar-refractivity contribution in [1.82, 2.24) is 4.98 Å². The lowest BCUT2D eigenvalue weighted by Gasteiger charge is -2.08. The summed E-state index contributed by atoms with van der Waals surface area (Å²) in [5.74, 6) is -3.11. The maximum atomic E-state index is 12.4. The Morgan fingerprint density at radius 3 is 2.45 bits per heavy atom. The van der Waals surface area contributed by atoms with Gasteiger partial charge in [-0.15, -0.1) is 0 Å². The highest BCUT2D eigenvalue weighted by molar-refractivity contribution is 9.10. The Bertz CT molecular complexity index is 257. The van der Waals surface area contributed by atoms with E-state index in [4.69, 9.17) is 0 Å². The van der Waals surface area contributed by atoms with Gasteiger partial charge in [0.1, 0.15) is 10.3 Å². The second-order valence-corrected chi connectivity index (χ2v) is 2.86. The molecule has 0 fully saturated rings. The summed E-state index contributed by atoms with van der Waals surface area (Å²) >= 11 is 2.98. The quantitative estimate of drug-likeness (QED) is 0.664. The van der Waals surface area contributed by atoms with Crippen LogP contribution >= 0.6 is 15.9 Å². The van der Waals surface area contributed by atoms with Gasteiger partial charge in [-0.1, -0.05) is 6.07 Å². The Hall–Kier alpha value is -0.510. The molecular formula is C7H5BrF2N. The molecular weight excluding hydrogens is 216 g/mol. The molecule has 1 aromatic rings. The summed E-state index contributed by atoms with van der Waals surface area (Å²) in [7, 11) is 0. The van der Waals surface area contributed by atoms with Gasteiger partial charge < -0.3 is 0 Å². The molecule has 4 heteroatoms. The first-order valence-corrected chi connectivity index (χ1v) is 3.65. The first-order chi connectivity index (χ1) is 5.00. The summed E-state index contributed by atoms with van der Waals surface area (Å²) in [6, 6.07) is 4.30. The lowest BCUT2D eigenvalue weighted by Crippen LogP contribution is -2.09. The summed E-state index contributed by atoms with van der Waals surface area (Å²) in [6.07, 6.45) is 0. The minimum Gasteiger partial charge on any atom is -0.240 e. The van der Waals surface area contributed by atoms with Gasteiger partial charge in [-0.2, -0.15) is 8.78 Å². The number of hydrogen-bond acceptors (Lipinski definition) is 1. The molecule has 0 spiro atoms. The van der Waals surface area contributed by atoms with Crippen LogP contribution in [0.4, 0.5) is 8.78 Å². The number of rotatable bonds is 1. The van der Waals surface area contributed by atoms with Crippen LogP contribution in [0.25, 0.3) is 0 Å². The van der Waals surface area contributed by atoms with E-state index in [9.17, 15) is 8.78 Å². The fraction of sp³-hybridized carbons (Fsp3) is 0.143. The number of alkyl halides is 2. The minimum absolute atomic E-state index is 0.327. The third-order valence-electron chi connectivity index (χ3n) is 1.09. The van der Waals surface area contributed by atoms with Crippen LogP contribution < -0.4 is 0 Å². The van der Waals surface area contributed by atoms with Gasteiger partial charge in [-0.25, -0.2) is 4.98 Å². The van der Waals surface area contributed by atoms with Crippen LogP contribution in [0.3, 0.4) is 0 Å². The van der Waals surface area contributed by atoms with E-state index in [1.165, 1.54) is 12.1 Å². The Balaban J connectivity index is 3.06. The van der Waals surface area contributed by atoms with Crippen molar-refractivity contribution in [3.05, 3.63) is 35.4 Å². The lowest BCUT2D eigenvalue weighted by atomic mass is 10.2. The summed E-state index contributed by atoms with van der Waals surface area (Å²) in [5.41, 5.74) is -0.327. The molecule has 0 aromatic carbocycles. The highest BCUT2D eigenvalue weighted by atomic mass is 79.9. The summed E-state index contributed by atoms with van der Waals surface area (Å²) in [5, 5.41) is 0. The fourth-order valence-electron chi connectivity index (χ4n) is 0.612. The number of aromatic nitrogens is 1. The minimum atomic E-state index is -3.11. The molecule has 59 valence electrons. The molecule has 0 aliphatic rings. The van der Waals surface area contributed by atoms with E-state index in [1.54, 1.807) is 6.07 Å². The van der Waals surface area contributed by atoms with Crippen molar-refractivity contribution in [2.45, 2.75) is 5.92 Å². The average Bonchev–Trinajstić information content (AvgIpc) is 1.86. The molecule has 0 saturated heterocycles. The monoisotopic (exact) mass is 220 g/mol. The predicted molar refractivity (Wildman–Crippen MR) is 41.2 cm³/mol. The zero-order valence-electron chi connectivity index (χ0n) is 5.52. The Kier molecular flexibility index (Phi) is 2.23. The molecule has 1 aromatic heterocycles. The van der Waals surface area contributed by atoms with Crippen molar-refractivity contribution in [2.24, 2.45) is 0 Å². The Labute approximate surface area is 71.6 Å². The third-order valence-corrected chi connectivity index (χ3v) is 1.53. The number of nitrogens with zero attached hydrogens (tertiary/aromatic N) is 1. The Morgan fingerprint density at radius 2 is 2.09 bits per heavy atom. The van der Waals surface area contributed by atoms with Crippen LogP contribution in [-0.2, 0) is 5.92 Å². The van der Waals surface area contributed by atoms with E-state index in [-0.39, 0.29) is 5.69 Å². The van der Waals surface area contributed by atoms with Crippen LogP contribution in [0.15, 0.2) is 22.8 Å². The van der Waals surface area contributed by atoms with Crippen LogP contribution in [0.5, 0.6) is 0 Å². The van der Waals surface area contributed by atoms with Gasteiger partial charge in [-0.05, 0) is 28.1 Å². The molecule has 0 aliphatic carbocycles. The normalized spacial score (nSPS) is 11.6. The molecule has 0 aliphatic heterocycles. The van der Waals surface area contributed by atoms with Crippen LogP contribution in [0.1, 0.15) is 5.69 Å². The zero-order chi connectivity index (χ0) is 8.48. The summed E-state index contributed by atoms with van der Waals surface area (Å²) in [4.78, 5) is 3.55. The zero-order valence-corrected chi connectivity index (χ0v) is 7.11. The molecule has 11 heavy (non-hydrogen) atoms. The average molecular weight is 221 g/mol. The van der Waals surface area contributed by atoms with Gasteiger partial charge in [0, 0.05) is 6.92 Å². The highest BCUT2D eigenvalue weighted by Crippen LogP contribution is 2.25. The maximum absolute atomic E-state index is 12.4. The first-order valence-electron chi connectivity index (χ1n) is 2.86. The summed E-state index contributed by atoms with van der Waals surface area (Å²) < 4.78 is 25.3. The molecule has 1 nitrogen and oxygen atoms in total. The topological polar surface area (TPSA) is 12.9 Å². The molecule has 1 heterocycles. The summed E-state index contributed by atoms with van der Waals surface area (Å²) in [6.45, 7) is 2.67. The molecule has 0 amide bonds. The van der Waals surface area contributed by atoms with Crippen molar-refractivity contribution < 1.29 is 8.78 Å². The van der Waals surface area contributed by atoms with Crippen LogP contribution in [0, 0.1) is 6.92 Å². The highest BCUT2D eigenvalue weighted by Gasteiger charge is 2.25. The molecule has 0 unspecified atom stereocenters. The van der Waals surface area contributed by atoms with E-state index in [2.05, 4.69) is 27.8 Å². The van der Waals surface area contributed by atoms with Crippen molar-refractivity contribution in [3.8, 4) is 0 Å². The van der Waals surface area contributed by atoms with Crippen molar-refractivity contribution in [3.63, 3.8) is 0 Å². The largest absolute Gasteiger partial charge is 0.289 e. The molecule has 0 saturated carbocycles. The first kappa shape index (κ1) is 8.59. The molecule has 0 bridgehead atoms. The predicted octanol–water partition coefficient (Wildman–Crippen LogP) is 2.77. The molecule has 0 N–H and O–H groups in total. The van der Waals surface area contributed by atoms with Gasteiger partial charge in [0.25, 0.3) is 5.92 Å². The van der Waals surface area contributed by atoms with Crippen molar-refractivity contribution in [1.29, 1.82) is 0 Å². The SMILES string of the molecule is [CH2]C(F)(F)c1cccc(Br)n1. The van der Waals surface area contributed by atoms with Gasteiger partial charge in [0.2, 0.25) is 0 Å². The van der Waals surface area contributed by atoms with Gasteiger partial charge in [0.05, 0.1) is 0 Å². The molecule has 1 rings (SSSR count). The van der Waals surface area contributed by atoms with Crippen molar-refractivity contribution >= 4 is 15.9 Å². The maximum Gasteiger partial charge on any atom is 0.289 e. The second kappa shape index (κ2) is 2.85. The fourth-order valence-corrected chi connectivity index (χ4v) is 0.956. The van der Waals surface area contributed by atoms with E-state index in [0.717, 1.165) is 0 Å². The van der Waals surface area contributed by atoms with E-state index in [0.29, 0.717) is 4.60 Å². The molecule has 1 radical (unpaired) electrons.